The number of amides is 1. The Labute approximate surface area is 155 Å². The van der Waals surface area contributed by atoms with Gasteiger partial charge in [0.2, 0.25) is 5.91 Å². The summed E-state index contributed by atoms with van der Waals surface area (Å²) in [6.07, 6.45) is 2.03. The Morgan fingerprint density at radius 3 is 2.46 bits per heavy atom. The largest absolute Gasteiger partial charge is 0.351 e. The maximum Gasteiger partial charge on any atom is 0.351 e. The lowest BCUT2D eigenvalue weighted by molar-refractivity contribution is -0.117. The number of aromatic nitrogens is 3. The molecule has 4 rings (SSSR count). The van der Waals surface area contributed by atoms with Crippen LogP contribution < -0.4 is 11.0 Å². The fraction of sp³-hybridized carbons (Fsp3) is 0.211. The van der Waals surface area contributed by atoms with Gasteiger partial charge < -0.3 is 5.32 Å². The number of anilines is 1. The normalized spacial score (nSPS) is 13.6. The highest BCUT2D eigenvalue weighted by atomic mass is 35.5. The summed E-state index contributed by atoms with van der Waals surface area (Å²) in [7, 11) is 0. The Hall–Kier alpha value is -2.86. The number of benzene rings is 2. The van der Waals surface area contributed by atoms with Gasteiger partial charge in [-0.1, -0.05) is 29.8 Å². The van der Waals surface area contributed by atoms with Gasteiger partial charge in [-0.05, 0) is 49.2 Å². The maximum atomic E-state index is 12.8. The molecule has 1 heterocycles. The van der Waals surface area contributed by atoms with E-state index in [1.165, 1.54) is 4.68 Å². The van der Waals surface area contributed by atoms with Gasteiger partial charge in [-0.3, -0.25) is 4.79 Å². The summed E-state index contributed by atoms with van der Waals surface area (Å²) in [6, 6.07) is 16.2. The predicted molar refractivity (Wildman–Crippen MR) is 99.9 cm³/mol. The standard InChI is InChI=1S/C19H17ClN4O2/c20-14-8-10-15(11-9-14)21-17(25)12-23-19(26)24(16-4-2-1-3-5-16)18(22-23)13-6-7-13/h1-5,8-11,13H,6-7,12H2,(H,21,25). The summed E-state index contributed by atoms with van der Waals surface area (Å²) >= 11 is 5.84. The van der Waals surface area contributed by atoms with Crippen molar-refractivity contribution in [1.29, 1.82) is 0 Å². The van der Waals surface area contributed by atoms with Crippen molar-refractivity contribution in [3.8, 4) is 5.69 Å². The van der Waals surface area contributed by atoms with E-state index in [4.69, 9.17) is 11.6 Å². The molecule has 0 spiro atoms. The van der Waals surface area contributed by atoms with Gasteiger partial charge in [-0.15, -0.1) is 0 Å². The molecule has 2 aromatic carbocycles. The number of carbonyl (C=O) groups is 1. The molecular weight excluding hydrogens is 352 g/mol. The Balaban J connectivity index is 1.60. The van der Waals surface area contributed by atoms with Gasteiger partial charge in [0.1, 0.15) is 12.4 Å². The zero-order valence-corrected chi connectivity index (χ0v) is 14.7. The topological polar surface area (TPSA) is 68.9 Å². The second-order valence-electron chi connectivity index (χ2n) is 6.30. The third-order valence-electron chi connectivity index (χ3n) is 4.24. The van der Waals surface area contributed by atoms with Crippen LogP contribution in [0.1, 0.15) is 24.6 Å². The highest BCUT2D eigenvalue weighted by Gasteiger charge is 2.31. The lowest BCUT2D eigenvalue weighted by Crippen LogP contribution is -2.29. The quantitative estimate of drug-likeness (QED) is 0.751. The molecule has 1 saturated carbocycles. The van der Waals surface area contributed by atoms with Crippen molar-refractivity contribution in [3.63, 3.8) is 0 Å². The van der Waals surface area contributed by atoms with E-state index in [1.807, 2.05) is 30.3 Å². The van der Waals surface area contributed by atoms with Crippen LogP contribution in [0.5, 0.6) is 0 Å². The van der Waals surface area contributed by atoms with Crippen molar-refractivity contribution < 1.29 is 4.79 Å². The average Bonchev–Trinajstić information content (AvgIpc) is 3.43. The molecule has 132 valence electrons. The second-order valence-corrected chi connectivity index (χ2v) is 6.74. The molecule has 0 aliphatic heterocycles. The summed E-state index contributed by atoms with van der Waals surface area (Å²) in [5.41, 5.74) is 1.09. The van der Waals surface area contributed by atoms with E-state index in [-0.39, 0.29) is 24.1 Å². The molecule has 0 bridgehead atoms. The van der Waals surface area contributed by atoms with Crippen LogP contribution in [-0.4, -0.2) is 20.3 Å². The van der Waals surface area contributed by atoms with Gasteiger partial charge in [0, 0.05) is 16.6 Å². The monoisotopic (exact) mass is 368 g/mol. The number of nitrogens with zero attached hydrogens (tertiary/aromatic N) is 3. The lowest BCUT2D eigenvalue weighted by atomic mass is 10.3. The minimum atomic E-state index is -0.311. The second kappa shape index (κ2) is 6.80. The van der Waals surface area contributed by atoms with Gasteiger partial charge in [-0.25, -0.2) is 14.0 Å². The van der Waals surface area contributed by atoms with Crippen LogP contribution in [0.15, 0.2) is 59.4 Å². The molecule has 1 aliphatic carbocycles. The molecule has 0 radical (unpaired) electrons. The number of nitrogens with one attached hydrogen (secondary N) is 1. The van der Waals surface area contributed by atoms with E-state index >= 15 is 0 Å². The highest BCUT2D eigenvalue weighted by Crippen LogP contribution is 2.39. The van der Waals surface area contributed by atoms with Crippen LogP contribution in [0.4, 0.5) is 5.69 Å². The molecule has 6 nitrogen and oxygen atoms in total. The summed E-state index contributed by atoms with van der Waals surface area (Å²) in [5, 5.41) is 7.77. The van der Waals surface area contributed by atoms with Gasteiger partial charge in [-0.2, -0.15) is 5.10 Å². The first-order valence-corrected chi connectivity index (χ1v) is 8.80. The van der Waals surface area contributed by atoms with E-state index < -0.39 is 0 Å². The summed E-state index contributed by atoms with van der Waals surface area (Å²) in [5.74, 6) is 0.693. The third kappa shape index (κ3) is 3.41. The van der Waals surface area contributed by atoms with E-state index in [1.54, 1.807) is 28.8 Å². The molecule has 0 atom stereocenters. The van der Waals surface area contributed by atoms with Crippen LogP contribution >= 0.6 is 11.6 Å². The van der Waals surface area contributed by atoms with E-state index in [9.17, 15) is 9.59 Å². The maximum absolute atomic E-state index is 12.8. The van der Waals surface area contributed by atoms with E-state index in [0.29, 0.717) is 10.7 Å². The first-order chi connectivity index (χ1) is 12.6. The molecule has 1 fully saturated rings. The van der Waals surface area contributed by atoms with Gasteiger partial charge in [0.05, 0.1) is 5.69 Å². The van der Waals surface area contributed by atoms with Gasteiger partial charge in [0.25, 0.3) is 0 Å². The molecule has 1 aliphatic rings. The molecule has 1 N–H and O–H groups in total. The SMILES string of the molecule is O=C(Cn1nc(C2CC2)n(-c2ccccc2)c1=O)Nc1ccc(Cl)cc1. The number of hydrogen-bond acceptors (Lipinski definition) is 3. The van der Waals surface area contributed by atoms with Crippen molar-refractivity contribution in [2.75, 3.05) is 5.32 Å². The fourth-order valence-corrected chi connectivity index (χ4v) is 2.95. The molecule has 1 aromatic heterocycles. The lowest BCUT2D eigenvalue weighted by Gasteiger charge is -2.05. The molecule has 0 unspecified atom stereocenters. The van der Waals surface area contributed by atoms with Crippen molar-refractivity contribution in [2.24, 2.45) is 0 Å². The molecular formula is C19H17ClN4O2. The first kappa shape index (κ1) is 16.6. The Morgan fingerprint density at radius 2 is 1.81 bits per heavy atom. The zero-order valence-electron chi connectivity index (χ0n) is 13.9. The zero-order chi connectivity index (χ0) is 18.1. The number of halogens is 1. The average molecular weight is 369 g/mol. The number of para-hydroxylation sites is 1. The van der Waals surface area contributed by atoms with Crippen molar-refractivity contribution in [3.05, 3.63) is 75.9 Å². The minimum Gasteiger partial charge on any atom is -0.324 e. The molecule has 3 aromatic rings. The molecule has 7 heteroatoms. The number of rotatable bonds is 5. The van der Waals surface area contributed by atoms with Crippen LogP contribution in [0.25, 0.3) is 5.69 Å². The van der Waals surface area contributed by atoms with E-state index in [0.717, 1.165) is 24.4 Å². The minimum absolute atomic E-state index is 0.138. The van der Waals surface area contributed by atoms with Crippen LogP contribution in [0, 0.1) is 0 Å². The summed E-state index contributed by atoms with van der Waals surface area (Å²) in [6.45, 7) is -0.138. The molecule has 1 amide bonds. The van der Waals surface area contributed by atoms with E-state index in [2.05, 4.69) is 10.4 Å². The van der Waals surface area contributed by atoms with Gasteiger partial charge >= 0.3 is 5.69 Å². The summed E-state index contributed by atoms with van der Waals surface area (Å²) in [4.78, 5) is 25.1. The first-order valence-electron chi connectivity index (χ1n) is 8.42. The Morgan fingerprint density at radius 1 is 1.12 bits per heavy atom. The predicted octanol–water partition coefficient (Wildman–Crippen LogP) is 3.20. The number of hydrogen-bond donors (Lipinski definition) is 1. The Kier molecular flexibility index (Phi) is 4.34. The third-order valence-corrected chi connectivity index (χ3v) is 4.49. The van der Waals surface area contributed by atoms with Crippen molar-refractivity contribution in [2.45, 2.75) is 25.3 Å². The number of carbonyl (C=O) groups excluding carboxylic acids is 1. The van der Waals surface area contributed by atoms with Crippen molar-refractivity contribution >= 4 is 23.2 Å². The van der Waals surface area contributed by atoms with Crippen LogP contribution in [-0.2, 0) is 11.3 Å². The smallest absolute Gasteiger partial charge is 0.324 e. The van der Waals surface area contributed by atoms with Crippen molar-refractivity contribution in [1.82, 2.24) is 14.3 Å². The summed E-state index contributed by atoms with van der Waals surface area (Å²) < 4.78 is 2.83. The Bertz CT molecular complexity index is 989. The van der Waals surface area contributed by atoms with Crippen LogP contribution in [0.2, 0.25) is 5.02 Å². The molecule has 26 heavy (non-hydrogen) atoms. The highest BCUT2D eigenvalue weighted by molar-refractivity contribution is 6.30. The molecule has 0 saturated heterocycles. The van der Waals surface area contributed by atoms with Crippen LogP contribution in [0.3, 0.4) is 0 Å². The van der Waals surface area contributed by atoms with Gasteiger partial charge in [0.15, 0.2) is 0 Å². The fourth-order valence-electron chi connectivity index (χ4n) is 2.82.